The van der Waals surface area contributed by atoms with Gasteiger partial charge in [0, 0.05) is 44.0 Å². The monoisotopic (exact) mass is 349 g/mol. The second kappa shape index (κ2) is 11.7. The van der Waals surface area contributed by atoms with Crippen LogP contribution < -0.4 is 30.7 Å². The number of methoxy groups -OCH3 is 2. The van der Waals surface area contributed by atoms with Crippen molar-refractivity contribution in [3.05, 3.63) is 23.4 Å². The van der Waals surface area contributed by atoms with E-state index >= 15 is 0 Å². The normalized spacial score (nSPS) is 19.7. The zero-order chi connectivity index (χ0) is 17.7. The first-order valence-electron chi connectivity index (χ1n) is 8.98. The Balaban J connectivity index is 2.04. The molecule has 0 spiro atoms. The van der Waals surface area contributed by atoms with Crippen LogP contribution >= 0.6 is 0 Å². The Bertz CT molecular complexity index is 498. The molecule has 1 aromatic heterocycles. The molecular weight excluding hydrogens is 318 g/mol. The van der Waals surface area contributed by atoms with Gasteiger partial charge in [-0.25, -0.2) is 0 Å². The maximum atomic E-state index is 5.25. The fourth-order valence-corrected chi connectivity index (χ4v) is 2.61. The van der Waals surface area contributed by atoms with Crippen molar-refractivity contribution in [2.45, 2.75) is 12.8 Å². The molecule has 2 heterocycles. The van der Waals surface area contributed by atoms with Gasteiger partial charge in [-0.2, -0.15) is 4.98 Å². The Morgan fingerprint density at radius 1 is 0.840 bits per heavy atom. The average molecular weight is 349 g/mol. The Labute approximate surface area is 150 Å². The maximum absolute atomic E-state index is 5.25. The molecule has 25 heavy (non-hydrogen) atoms. The Morgan fingerprint density at radius 2 is 1.44 bits per heavy atom. The highest BCUT2D eigenvalue weighted by atomic mass is 16.5. The van der Waals surface area contributed by atoms with Crippen molar-refractivity contribution in [1.82, 2.24) is 26.3 Å². The van der Waals surface area contributed by atoms with E-state index in [0.29, 0.717) is 11.8 Å². The van der Waals surface area contributed by atoms with Crippen LogP contribution in [0.2, 0.25) is 0 Å². The zero-order valence-electron chi connectivity index (χ0n) is 15.4. The summed E-state index contributed by atoms with van der Waals surface area (Å²) in [5.41, 5.74) is 2.16. The lowest BCUT2D eigenvalue weighted by Crippen LogP contribution is -2.33. The third-order valence-electron chi connectivity index (χ3n) is 3.94. The van der Waals surface area contributed by atoms with Gasteiger partial charge in [0.1, 0.15) is 0 Å². The van der Waals surface area contributed by atoms with E-state index in [-0.39, 0.29) is 0 Å². The van der Waals surface area contributed by atoms with E-state index in [9.17, 15) is 0 Å². The number of ether oxygens (including phenoxy) is 2. The summed E-state index contributed by atoms with van der Waals surface area (Å²) in [5.74, 6) is 1.10. The average Bonchev–Trinajstić information content (AvgIpc) is 2.64. The quantitative estimate of drug-likeness (QED) is 0.636. The van der Waals surface area contributed by atoms with Crippen molar-refractivity contribution >= 4 is 6.08 Å². The van der Waals surface area contributed by atoms with Gasteiger partial charge in [0.2, 0.25) is 11.8 Å². The second-order valence-corrected chi connectivity index (χ2v) is 5.97. The van der Waals surface area contributed by atoms with E-state index in [1.807, 2.05) is 12.1 Å². The highest BCUT2D eigenvalue weighted by Crippen LogP contribution is 2.19. The summed E-state index contributed by atoms with van der Waals surface area (Å²) in [4.78, 5) is 4.24. The molecular formula is C18H31N5O2. The van der Waals surface area contributed by atoms with E-state index in [4.69, 9.17) is 9.47 Å². The van der Waals surface area contributed by atoms with Crippen LogP contribution in [0.25, 0.3) is 6.08 Å². The molecule has 0 aromatic carbocycles. The number of hydrogen-bond acceptors (Lipinski definition) is 7. The first-order valence-corrected chi connectivity index (χ1v) is 8.98. The van der Waals surface area contributed by atoms with Gasteiger partial charge in [-0.15, -0.1) is 0 Å². The first kappa shape index (κ1) is 19.5. The third kappa shape index (κ3) is 7.72. The predicted octanol–water partition coefficient (Wildman–Crippen LogP) is 0.592. The van der Waals surface area contributed by atoms with Gasteiger partial charge in [0.25, 0.3) is 0 Å². The van der Waals surface area contributed by atoms with Gasteiger partial charge in [0.15, 0.2) is 0 Å². The fourth-order valence-electron chi connectivity index (χ4n) is 2.61. The zero-order valence-corrected chi connectivity index (χ0v) is 15.4. The second-order valence-electron chi connectivity index (χ2n) is 5.97. The number of nitrogens with one attached hydrogen (secondary N) is 4. The summed E-state index contributed by atoms with van der Waals surface area (Å²) in [6.07, 6.45) is 4.32. The van der Waals surface area contributed by atoms with Gasteiger partial charge in [0.05, 0.1) is 14.2 Å². The largest absolute Gasteiger partial charge is 0.481 e. The molecule has 7 nitrogen and oxygen atoms in total. The topological polar surface area (TPSA) is 79.5 Å². The van der Waals surface area contributed by atoms with Crippen molar-refractivity contribution in [2.75, 3.05) is 60.0 Å². The molecule has 1 aliphatic heterocycles. The minimum atomic E-state index is 0.551. The van der Waals surface area contributed by atoms with E-state index in [2.05, 4.69) is 32.3 Å². The molecule has 1 saturated heterocycles. The van der Waals surface area contributed by atoms with Crippen LogP contribution in [0, 0.1) is 0 Å². The molecule has 0 atom stereocenters. The number of aromatic nitrogens is 1. The number of nitrogens with zero attached hydrogens (tertiary/aromatic N) is 1. The highest BCUT2D eigenvalue weighted by molar-refractivity contribution is 5.55. The van der Waals surface area contributed by atoms with Crippen LogP contribution in [-0.4, -0.2) is 65.0 Å². The Morgan fingerprint density at radius 3 is 2.08 bits per heavy atom. The van der Waals surface area contributed by atoms with Crippen molar-refractivity contribution in [1.29, 1.82) is 0 Å². The predicted molar refractivity (Wildman–Crippen MR) is 101 cm³/mol. The molecule has 2 rings (SSSR count). The van der Waals surface area contributed by atoms with Gasteiger partial charge in [-0.3, -0.25) is 0 Å². The lowest BCUT2D eigenvalue weighted by Gasteiger charge is -2.15. The van der Waals surface area contributed by atoms with Crippen LogP contribution in [0.1, 0.15) is 18.4 Å². The van der Waals surface area contributed by atoms with E-state index in [1.54, 1.807) is 14.2 Å². The summed E-state index contributed by atoms with van der Waals surface area (Å²) in [7, 11) is 3.22. The molecule has 0 radical (unpaired) electrons. The summed E-state index contributed by atoms with van der Waals surface area (Å²) >= 11 is 0. The van der Waals surface area contributed by atoms with E-state index in [0.717, 1.165) is 69.9 Å². The van der Waals surface area contributed by atoms with Crippen molar-refractivity contribution in [3.8, 4) is 11.8 Å². The first-order chi connectivity index (χ1) is 12.3. The lowest BCUT2D eigenvalue weighted by molar-refractivity contribution is 0.364. The maximum Gasteiger partial charge on any atom is 0.216 e. The molecule has 0 bridgehead atoms. The molecule has 140 valence electrons. The number of rotatable bonds is 3. The Hall–Kier alpha value is -1.83. The van der Waals surface area contributed by atoms with Gasteiger partial charge in [-0.05, 0) is 44.1 Å². The van der Waals surface area contributed by atoms with Crippen molar-refractivity contribution in [3.63, 3.8) is 0 Å². The number of hydrogen-bond donors (Lipinski definition) is 4. The molecule has 7 heteroatoms. The third-order valence-corrected chi connectivity index (χ3v) is 3.94. The van der Waals surface area contributed by atoms with E-state index < -0.39 is 0 Å². The molecule has 0 amide bonds. The SMILES string of the molecule is COc1cc(C=C2CNCCCNCCNCCCN2)cc(OC)n1. The summed E-state index contributed by atoms with van der Waals surface area (Å²) in [6, 6.07) is 3.82. The summed E-state index contributed by atoms with van der Waals surface area (Å²) in [6.45, 7) is 6.85. The van der Waals surface area contributed by atoms with Crippen LogP contribution in [0.3, 0.4) is 0 Å². The van der Waals surface area contributed by atoms with E-state index in [1.165, 1.54) is 0 Å². The van der Waals surface area contributed by atoms with Gasteiger partial charge < -0.3 is 30.7 Å². The van der Waals surface area contributed by atoms with Crippen LogP contribution in [0.15, 0.2) is 17.8 Å². The summed E-state index contributed by atoms with van der Waals surface area (Å²) < 4.78 is 10.5. The van der Waals surface area contributed by atoms with Crippen LogP contribution in [0.4, 0.5) is 0 Å². The summed E-state index contributed by atoms with van der Waals surface area (Å²) in [5, 5.41) is 13.9. The molecule has 0 aliphatic carbocycles. The van der Waals surface area contributed by atoms with Gasteiger partial charge in [-0.1, -0.05) is 0 Å². The van der Waals surface area contributed by atoms with Crippen LogP contribution in [0.5, 0.6) is 11.8 Å². The minimum Gasteiger partial charge on any atom is -0.481 e. The fraction of sp³-hybridized carbons (Fsp3) is 0.611. The molecule has 0 unspecified atom stereocenters. The standard InChI is InChI=1S/C18H31N5O2/c1-24-17-12-15(13-18(23-17)25-2)11-16-14-21-7-3-5-19-9-10-20-6-4-8-22-16/h11-13,19-22H,3-10,14H2,1-2H3. The number of pyridine rings is 1. The highest BCUT2D eigenvalue weighted by Gasteiger charge is 2.04. The van der Waals surface area contributed by atoms with Crippen molar-refractivity contribution < 1.29 is 9.47 Å². The molecule has 1 aliphatic rings. The minimum absolute atomic E-state index is 0.551. The Kier molecular flexibility index (Phi) is 9.11. The van der Waals surface area contributed by atoms with Crippen LogP contribution in [-0.2, 0) is 0 Å². The molecule has 4 N–H and O–H groups in total. The molecule has 1 fully saturated rings. The molecule has 1 aromatic rings. The molecule has 0 saturated carbocycles. The lowest BCUT2D eigenvalue weighted by atomic mass is 10.2. The smallest absolute Gasteiger partial charge is 0.216 e. The van der Waals surface area contributed by atoms with Gasteiger partial charge >= 0.3 is 0 Å². The van der Waals surface area contributed by atoms with Crippen molar-refractivity contribution in [2.24, 2.45) is 0 Å².